The Morgan fingerprint density at radius 2 is 1.70 bits per heavy atom. The Hall–Kier alpha value is -1.26. The summed E-state index contributed by atoms with van der Waals surface area (Å²) in [4.78, 5) is 0. The molecule has 1 aliphatic carbocycles. The van der Waals surface area contributed by atoms with Gasteiger partial charge in [-0.05, 0) is 50.2 Å². The van der Waals surface area contributed by atoms with E-state index in [9.17, 15) is 22.7 Å². The lowest BCUT2D eigenvalue weighted by Crippen LogP contribution is -2.37. The largest absolute Gasteiger partial charge is 0.505 e. The maximum Gasteiger partial charge on any atom is 0.397 e. The van der Waals surface area contributed by atoms with Gasteiger partial charge in [-0.2, -0.15) is 13.2 Å². The molecule has 5 heteroatoms. The predicted octanol–water partition coefficient (Wildman–Crippen LogP) is 4.73. The number of phenols is 1. The Balaban J connectivity index is 2.69. The van der Waals surface area contributed by atoms with Crippen molar-refractivity contribution in [2.24, 2.45) is 0 Å². The third-order valence-electron chi connectivity index (χ3n) is 4.52. The second kappa shape index (κ2) is 4.12. The molecule has 0 bridgehead atoms. The number of benzene rings is 1. The molecule has 0 unspecified atom stereocenters. The van der Waals surface area contributed by atoms with E-state index in [2.05, 4.69) is 0 Å². The third-order valence-corrected chi connectivity index (χ3v) is 4.52. The zero-order valence-electron chi connectivity index (χ0n) is 12.0. The van der Waals surface area contributed by atoms with E-state index < -0.39 is 28.6 Å². The van der Waals surface area contributed by atoms with Gasteiger partial charge in [0.25, 0.3) is 0 Å². The minimum Gasteiger partial charge on any atom is -0.505 e. The summed E-state index contributed by atoms with van der Waals surface area (Å²) in [6.45, 7) is 5.16. The van der Waals surface area contributed by atoms with Gasteiger partial charge in [0.05, 0.1) is 5.41 Å². The molecule has 0 heterocycles. The maximum atomic E-state index is 14.1. The predicted molar refractivity (Wildman–Crippen MR) is 68.5 cm³/mol. The van der Waals surface area contributed by atoms with Crippen LogP contribution in [-0.4, -0.2) is 11.3 Å². The van der Waals surface area contributed by atoms with Crippen molar-refractivity contribution >= 4 is 0 Å². The van der Waals surface area contributed by atoms with Crippen molar-refractivity contribution in [2.75, 3.05) is 0 Å². The molecule has 1 aromatic rings. The van der Waals surface area contributed by atoms with E-state index >= 15 is 0 Å². The van der Waals surface area contributed by atoms with E-state index in [4.69, 9.17) is 0 Å². The fraction of sp³-hybridized carbons (Fsp3) is 0.600. The lowest BCUT2D eigenvalue weighted by atomic mass is 9.78. The lowest BCUT2D eigenvalue weighted by Gasteiger charge is -2.31. The first-order valence-corrected chi connectivity index (χ1v) is 6.51. The Labute approximate surface area is 115 Å². The normalized spacial score (nSPS) is 18.2. The molecule has 0 aliphatic heterocycles. The zero-order valence-corrected chi connectivity index (χ0v) is 12.0. The summed E-state index contributed by atoms with van der Waals surface area (Å²) >= 11 is 0. The minimum absolute atomic E-state index is 0.108. The molecule has 1 aromatic carbocycles. The molecule has 20 heavy (non-hydrogen) atoms. The van der Waals surface area contributed by atoms with Crippen molar-refractivity contribution in [2.45, 2.75) is 57.5 Å². The average molecular weight is 290 g/mol. The fourth-order valence-corrected chi connectivity index (χ4v) is 2.45. The summed E-state index contributed by atoms with van der Waals surface area (Å²) in [7, 11) is 0. The summed E-state index contributed by atoms with van der Waals surface area (Å²) in [6, 6.07) is 1.33. The second-order valence-electron chi connectivity index (χ2n) is 6.44. The van der Waals surface area contributed by atoms with Crippen LogP contribution in [0.2, 0.25) is 0 Å². The Morgan fingerprint density at radius 1 is 1.20 bits per heavy atom. The first kappa shape index (κ1) is 15.1. The van der Waals surface area contributed by atoms with Gasteiger partial charge in [0, 0.05) is 5.56 Å². The molecule has 1 N–H and O–H groups in total. The van der Waals surface area contributed by atoms with Crippen LogP contribution in [0.15, 0.2) is 6.07 Å². The molecule has 0 radical (unpaired) electrons. The smallest absolute Gasteiger partial charge is 0.397 e. The van der Waals surface area contributed by atoms with Crippen LogP contribution < -0.4 is 0 Å². The van der Waals surface area contributed by atoms with Crippen LogP contribution in [0.5, 0.6) is 5.75 Å². The van der Waals surface area contributed by atoms with Gasteiger partial charge in [0.1, 0.15) is 0 Å². The molecule has 1 fully saturated rings. The van der Waals surface area contributed by atoms with Crippen molar-refractivity contribution in [1.29, 1.82) is 0 Å². The van der Waals surface area contributed by atoms with Gasteiger partial charge in [-0.15, -0.1) is 0 Å². The van der Waals surface area contributed by atoms with E-state index in [0.717, 1.165) is 26.7 Å². The van der Waals surface area contributed by atoms with Crippen molar-refractivity contribution in [3.8, 4) is 5.75 Å². The van der Waals surface area contributed by atoms with Crippen molar-refractivity contribution < 1.29 is 22.7 Å². The summed E-state index contributed by atoms with van der Waals surface area (Å²) in [5.74, 6) is -1.45. The van der Waals surface area contributed by atoms with Gasteiger partial charge < -0.3 is 5.11 Å². The van der Waals surface area contributed by atoms with Crippen LogP contribution in [0.1, 0.15) is 50.3 Å². The van der Waals surface area contributed by atoms with Gasteiger partial charge in [0.2, 0.25) is 0 Å². The minimum atomic E-state index is -4.48. The van der Waals surface area contributed by atoms with Crippen molar-refractivity contribution in [3.63, 3.8) is 0 Å². The molecule has 0 amide bonds. The third kappa shape index (κ3) is 2.07. The molecular weight excluding hydrogens is 272 g/mol. The SMILES string of the molecule is Cc1c(C(C)(C)C(F)(F)F)cc(C2(C)CC2)c(O)c1F. The molecular formula is C15H18F4O. The van der Waals surface area contributed by atoms with Crippen molar-refractivity contribution in [1.82, 2.24) is 0 Å². The van der Waals surface area contributed by atoms with E-state index in [1.165, 1.54) is 13.0 Å². The van der Waals surface area contributed by atoms with Crippen molar-refractivity contribution in [3.05, 3.63) is 28.6 Å². The molecule has 0 aromatic heterocycles. The van der Waals surface area contributed by atoms with Crippen LogP contribution in [0.25, 0.3) is 0 Å². The lowest BCUT2D eigenvalue weighted by molar-refractivity contribution is -0.180. The van der Waals surface area contributed by atoms with Crippen LogP contribution in [0, 0.1) is 12.7 Å². The molecule has 0 spiro atoms. The number of aromatic hydroxyl groups is 1. The first-order chi connectivity index (χ1) is 8.92. The number of hydrogen-bond donors (Lipinski definition) is 1. The molecule has 1 nitrogen and oxygen atoms in total. The van der Waals surface area contributed by atoms with Crippen LogP contribution in [-0.2, 0) is 10.8 Å². The first-order valence-electron chi connectivity index (χ1n) is 6.51. The Kier molecular flexibility index (Phi) is 3.12. The number of rotatable bonds is 2. The average Bonchev–Trinajstić information content (AvgIpc) is 3.03. The highest BCUT2D eigenvalue weighted by molar-refractivity contribution is 5.51. The molecule has 0 atom stereocenters. The van der Waals surface area contributed by atoms with Gasteiger partial charge in [0.15, 0.2) is 11.6 Å². The zero-order chi connectivity index (χ0) is 15.5. The Morgan fingerprint density at radius 3 is 2.10 bits per heavy atom. The van der Waals surface area contributed by atoms with Gasteiger partial charge in [-0.1, -0.05) is 13.0 Å². The fourth-order valence-electron chi connectivity index (χ4n) is 2.45. The quantitative estimate of drug-likeness (QED) is 0.781. The van der Waals surface area contributed by atoms with E-state index in [-0.39, 0.29) is 16.7 Å². The number of hydrogen-bond acceptors (Lipinski definition) is 1. The highest BCUT2D eigenvalue weighted by atomic mass is 19.4. The summed E-state index contributed by atoms with van der Waals surface area (Å²) in [5.41, 5.74) is -2.53. The number of phenolic OH excluding ortho intramolecular Hbond substituents is 1. The van der Waals surface area contributed by atoms with Gasteiger partial charge >= 0.3 is 6.18 Å². The van der Waals surface area contributed by atoms with E-state index in [1.54, 1.807) is 0 Å². The van der Waals surface area contributed by atoms with E-state index in [0.29, 0.717) is 0 Å². The van der Waals surface area contributed by atoms with E-state index in [1.807, 2.05) is 6.92 Å². The van der Waals surface area contributed by atoms with Crippen LogP contribution >= 0.6 is 0 Å². The number of alkyl halides is 3. The number of halogens is 4. The summed E-state index contributed by atoms with van der Waals surface area (Å²) in [5, 5.41) is 9.89. The Bertz CT molecular complexity index is 554. The van der Waals surface area contributed by atoms with Crippen LogP contribution in [0.3, 0.4) is 0 Å². The van der Waals surface area contributed by atoms with Gasteiger partial charge in [-0.3, -0.25) is 0 Å². The second-order valence-corrected chi connectivity index (χ2v) is 6.44. The highest BCUT2D eigenvalue weighted by Gasteiger charge is 2.51. The molecule has 2 rings (SSSR count). The summed E-state index contributed by atoms with van der Waals surface area (Å²) < 4.78 is 53.7. The van der Waals surface area contributed by atoms with Gasteiger partial charge in [-0.25, -0.2) is 4.39 Å². The maximum absolute atomic E-state index is 14.1. The summed E-state index contributed by atoms with van der Waals surface area (Å²) in [6.07, 6.45) is -2.99. The topological polar surface area (TPSA) is 20.2 Å². The molecule has 1 saturated carbocycles. The molecule has 0 saturated heterocycles. The molecule has 1 aliphatic rings. The standard InChI is InChI=1S/C15H18F4O/c1-8-9(13(2,3)15(17,18)19)7-10(12(20)11(8)16)14(4)5-6-14/h7,20H,5-6H2,1-4H3. The highest BCUT2D eigenvalue weighted by Crippen LogP contribution is 2.53. The van der Waals surface area contributed by atoms with Crippen LogP contribution in [0.4, 0.5) is 17.6 Å². The molecule has 112 valence electrons. The monoisotopic (exact) mass is 290 g/mol.